The summed E-state index contributed by atoms with van der Waals surface area (Å²) in [7, 11) is 2.70. The Morgan fingerprint density at radius 3 is 2.42 bits per heavy atom. The molecule has 2 amide bonds. The molecule has 3 atom stereocenters. The number of rotatable bonds is 7. The molecule has 2 N–H and O–H groups in total. The lowest BCUT2D eigenvalue weighted by atomic mass is 9.81. The number of aliphatic imine (C=N–C) groups is 1. The predicted octanol–water partition coefficient (Wildman–Crippen LogP) is 7.53. The lowest BCUT2D eigenvalue weighted by Crippen LogP contribution is -2.51. The number of methoxy groups -OCH3 is 1. The molecule has 1 aromatic heterocycles. The Bertz CT molecular complexity index is 2000. The maximum atomic E-state index is 14.2. The van der Waals surface area contributed by atoms with Crippen LogP contribution in [0.5, 0.6) is 5.75 Å². The van der Waals surface area contributed by atoms with E-state index in [1.165, 1.54) is 31.0 Å². The van der Waals surface area contributed by atoms with Crippen molar-refractivity contribution in [3.05, 3.63) is 58.7 Å². The fourth-order valence-electron chi connectivity index (χ4n) is 9.03. The molecule has 276 valence electrons. The summed E-state index contributed by atoms with van der Waals surface area (Å²) in [5, 5.41) is 10.0. The predicted molar refractivity (Wildman–Crippen MR) is 212 cm³/mol. The Labute approximate surface area is 310 Å². The monoisotopic (exact) mass is 722 g/mol. The summed E-state index contributed by atoms with van der Waals surface area (Å²) in [5.74, 6) is -0.0389. The van der Waals surface area contributed by atoms with Gasteiger partial charge in [0, 0.05) is 48.4 Å². The minimum Gasteiger partial charge on any atom is -0.497 e. The smallest absolute Gasteiger partial charge is 0.237 e. The van der Waals surface area contributed by atoms with Gasteiger partial charge in [-0.3, -0.25) is 14.6 Å². The van der Waals surface area contributed by atoms with Gasteiger partial charge < -0.3 is 45.2 Å². The Morgan fingerprint density at radius 2 is 1.75 bits per heavy atom. The molecular weight excluding hydrogens is 671 g/mol. The summed E-state index contributed by atoms with van der Waals surface area (Å²) in [6.07, 6.45) is 13.4. The van der Waals surface area contributed by atoms with Crippen LogP contribution in [0.4, 0.5) is 0 Å². The van der Waals surface area contributed by atoms with Crippen molar-refractivity contribution in [3.63, 3.8) is 0 Å². The molecule has 2 aliphatic heterocycles. The highest BCUT2D eigenvalue weighted by atomic mass is 32.2. The van der Waals surface area contributed by atoms with E-state index in [4.69, 9.17) is 25.6 Å². The van der Waals surface area contributed by atoms with Crippen molar-refractivity contribution in [3.8, 4) is 22.7 Å². The van der Waals surface area contributed by atoms with Gasteiger partial charge in [0.1, 0.15) is 11.7 Å². The van der Waals surface area contributed by atoms with Crippen molar-refractivity contribution in [1.29, 1.82) is 5.41 Å². The molecule has 52 heavy (non-hydrogen) atoms. The van der Waals surface area contributed by atoms with Gasteiger partial charge in [-0.25, -0.2) is 0 Å². The normalized spacial score (nSPS) is 22.0. The first-order valence-corrected chi connectivity index (χ1v) is 20.3. The number of amides is 2. The van der Waals surface area contributed by atoms with Gasteiger partial charge in [0.05, 0.1) is 37.3 Å². The maximum absolute atomic E-state index is 14.2. The second kappa shape index (κ2) is 15.5. The van der Waals surface area contributed by atoms with E-state index in [9.17, 15) is 9.59 Å². The summed E-state index contributed by atoms with van der Waals surface area (Å²) in [5.41, 5.74) is 14.0. The second-order valence-corrected chi connectivity index (χ2v) is 16.6. The third kappa shape index (κ3) is 7.01. The Kier molecular flexibility index (Phi) is 10.8. The third-order valence-corrected chi connectivity index (χ3v) is 13.1. The average molecular weight is 723 g/mol. The first-order valence-electron chi connectivity index (χ1n) is 19.0. The van der Waals surface area contributed by atoms with E-state index in [1.54, 1.807) is 14.2 Å². The fraction of sp³-hybridized carbons (Fsp3) is 0.500. The number of nitrogens with zero attached hydrogens (tertiary/aromatic N) is 3. The number of fused-ring (bicyclic) bond motifs is 5. The first-order chi connectivity index (χ1) is 25.2. The van der Waals surface area contributed by atoms with Crippen LogP contribution < -0.4 is 9.46 Å². The number of carbonyl (C=O) groups is 2. The summed E-state index contributed by atoms with van der Waals surface area (Å²) >= 11 is 0. The SMILES string of the molecule is C#[S-](NC(=O)c1ccc2c(C3CCCCC3)c3n(c2c1)CC(C(=NC)C(C=N)C(=O)N1CC(C)OC(C)C1)=Cc1cc(OC)ccc1-3)C1CCCC1. The van der Waals surface area contributed by atoms with Crippen LogP contribution in [-0.4, -0.2) is 77.9 Å². The van der Waals surface area contributed by atoms with Gasteiger partial charge in [-0.15, -0.1) is 5.25 Å². The van der Waals surface area contributed by atoms with Gasteiger partial charge in [0.15, 0.2) is 0 Å². The molecule has 3 fully saturated rings. The van der Waals surface area contributed by atoms with Gasteiger partial charge in [-0.05, 0) is 85.7 Å². The summed E-state index contributed by atoms with van der Waals surface area (Å²) < 4.78 is 17.1. The largest absolute Gasteiger partial charge is 0.497 e. The molecule has 7 rings (SSSR count). The molecular formula is C42H52N5O4S-. The van der Waals surface area contributed by atoms with Crippen LogP contribution in [0.3, 0.4) is 0 Å². The van der Waals surface area contributed by atoms with Gasteiger partial charge >= 0.3 is 0 Å². The zero-order valence-electron chi connectivity index (χ0n) is 31.0. The van der Waals surface area contributed by atoms with E-state index in [0.29, 0.717) is 42.1 Å². The molecule has 3 unspecified atom stereocenters. The lowest BCUT2D eigenvalue weighted by Gasteiger charge is -2.37. The number of carbonyl (C=O) groups excluding carboxylic acids is 2. The minimum atomic E-state index is -0.858. The number of ether oxygens (including phenoxy) is 2. The molecule has 3 heterocycles. The summed E-state index contributed by atoms with van der Waals surface area (Å²) in [4.78, 5) is 34.5. The van der Waals surface area contributed by atoms with Crippen LogP contribution >= 0.6 is 0 Å². The van der Waals surface area contributed by atoms with E-state index in [0.717, 1.165) is 77.6 Å². The van der Waals surface area contributed by atoms with Crippen LogP contribution in [0.25, 0.3) is 28.2 Å². The standard InChI is InChI=1S/C42H52N5O4S/c1-26-23-46(24-27(2)51-26)42(49)36(22-43)39(44-3)31-19-30-20-32(50-4)16-18-34(30)40-38(28-11-7-6-8-12-28)35-17-15-29(21-37(35)47(40)25-31)41(48)45-52(5)33-13-9-10-14-33/h5,15-22,26-28,33,36,43H,6-14,23-25H2,1-4H3,(H,45,48)/q-1. The van der Waals surface area contributed by atoms with E-state index >= 15 is 0 Å². The van der Waals surface area contributed by atoms with Crippen LogP contribution in [0.2, 0.25) is 0 Å². The van der Waals surface area contributed by atoms with E-state index in [-0.39, 0.29) is 24.0 Å². The summed E-state index contributed by atoms with van der Waals surface area (Å²) in [6.45, 7) is 5.31. The van der Waals surface area contributed by atoms with E-state index in [2.05, 4.69) is 33.6 Å². The number of aromatic nitrogens is 1. The van der Waals surface area contributed by atoms with Gasteiger partial charge in [-0.1, -0.05) is 51.0 Å². The Hall–Kier alpha value is -4.11. The highest BCUT2D eigenvalue weighted by Gasteiger charge is 2.35. The topological polar surface area (TPSA) is 109 Å². The molecule has 1 saturated heterocycles. The van der Waals surface area contributed by atoms with Crippen LogP contribution in [-0.2, 0) is 26.6 Å². The van der Waals surface area contributed by atoms with Crippen molar-refractivity contribution in [2.24, 2.45) is 10.9 Å². The molecule has 9 nitrogen and oxygen atoms in total. The van der Waals surface area contributed by atoms with Crippen LogP contribution in [0.1, 0.15) is 99.0 Å². The number of hydrogen-bond donors (Lipinski definition) is 2. The molecule has 4 aliphatic rings. The van der Waals surface area contributed by atoms with Gasteiger partial charge in [-0.2, -0.15) is 0 Å². The number of allylic oxidation sites excluding steroid dienone is 1. The number of benzene rings is 2. The summed E-state index contributed by atoms with van der Waals surface area (Å²) in [6, 6.07) is 12.3. The number of nitrogens with one attached hydrogen (secondary N) is 2. The maximum Gasteiger partial charge on any atom is 0.237 e. The molecule has 2 aliphatic carbocycles. The Balaban J connectivity index is 1.37. The van der Waals surface area contributed by atoms with E-state index in [1.807, 2.05) is 36.9 Å². The molecule has 0 bridgehead atoms. The molecule has 0 radical (unpaired) electrons. The quantitative estimate of drug-likeness (QED) is 0.194. The third-order valence-electron chi connectivity index (χ3n) is 11.5. The zero-order valence-corrected chi connectivity index (χ0v) is 31.8. The van der Waals surface area contributed by atoms with Crippen LogP contribution in [0, 0.1) is 17.0 Å². The van der Waals surface area contributed by atoms with Crippen molar-refractivity contribution in [2.45, 2.75) is 102 Å². The molecule has 2 aromatic carbocycles. The van der Waals surface area contributed by atoms with Gasteiger partial charge in [0.25, 0.3) is 0 Å². The Morgan fingerprint density at radius 1 is 1.04 bits per heavy atom. The van der Waals surface area contributed by atoms with Crippen molar-refractivity contribution in [2.75, 3.05) is 27.2 Å². The highest BCUT2D eigenvalue weighted by Crippen LogP contribution is 2.47. The highest BCUT2D eigenvalue weighted by molar-refractivity contribution is 7.85. The van der Waals surface area contributed by atoms with Gasteiger partial charge in [0.2, 0.25) is 11.8 Å². The second-order valence-electron chi connectivity index (χ2n) is 15.0. The number of morpholine rings is 1. The average Bonchev–Trinajstić information content (AvgIpc) is 3.76. The molecule has 2 saturated carbocycles. The van der Waals surface area contributed by atoms with Crippen LogP contribution in [0.15, 0.2) is 47.0 Å². The zero-order chi connectivity index (χ0) is 36.5. The van der Waals surface area contributed by atoms with E-state index < -0.39 is 16.4 Å². The lowest BCUT2D eigenvalue weighted by molar-refractivity contribution is -0.143. The minimum absolute atomic E-state index is 0.0933. The fourth-order valence-corrected chi connectivity index (χ4v) is 10.4. The molecule has 10 heteroatoms. The molecule has 0 spiro atoms. The molecule has 3 aromatic rings. The van der Waals surface area contributed by atoms with Crippen molar-refractivity contribution < 1.29 is 19.1 Å². The van der Waals surface area contributed by atoms with Crippen molar-refractivity contribution in [1.82, 2.24) is 14.2 Å². The first kappa shape index (κ1) is 36.3. The van der Waals surface area contributed by atoms with Crippen molar-refractivity contribution >= 4 is 51.2 Å². The number of hydrogen-bond acceptors (Lipinski definition) is 7.